The van der Waals surface area contributed by atoms with Crippen molar-refractivity contribution >= 4 is 46.1 Å². The van der Waals surface area contributed by atoms with Gasteiger partial charge in [-0.2, -0.15) is 5.26 Å². The van der Waals surface area contributed by atoms with Crippen LogP contribution in [-0.2, 0) is 9.59 Å². The van der Waals surface area contributed by atoms with Crippen molar-refractivity contribution in [1.29, 1.82) is 5.26 Å². The van der Waals surface area contributed by atoms with Crippen LogP contribution in [0.15, 0.2) is 72.9 Å². The third-order valence-corrected chi connectivity index (χ3v) is 11.3. The number of hydrogen-bond donors (Lipinski definition) is 2. The van der Waals surface area contributed by atoms with Gasteiger partial charge in [-0.3, -0.25) is 44.1 Å². The van der Waals surface area contributed by atoms with Crippen LogP contribution in [0.1, 0.15) is 81.6 Å². The maximum absolute atomic E-state index is 13.3. The smallest absolute Gasteiger partial charge is 0.262 e. The molecule has 1 unspecified atom stereocenters. The molecule has 4 aromatic rings. The van der Waals surface area contributed by atoms with Crippen LogP contribution < -0.4 is 25.0 Å². The third-order valence-electron chi connectivity index (χ3n) is 11.3. The number of carbonyl (C=O) groups is 5. The summed E-state index contributed by atoms with van der Waals surface area (Å²) in [5.41, 5.74) is 3.16. The molecule has 8 rings (SSSR count). The number of hydrogen-bond acceptors (Lipinski definition) is 11. The Morgan fingerprint density at radius 3 is 2.42 bits per heavy atom. The van der Waals surface area contributed by atoms with Gasteiger partial charge in [0, 0.05) is 68.0 Å². The molecule has 14 nitrogen and oxygen atoms in total. The fourth-order valence-corrected chi connectivity index (χ4v) is 8.18. The lowest BCUT2D eigenvalue weighted by atomic mass is 9.92. The molecule has 5 amide bonds. The number of carbonyl (C=O) groups excluding carboxylic acids is 5. The van der Waals surface area contributed by atoms with E-state index in [1.54, 1.807) is 36.5 Å². The van der Waals surface area contributed by atoms with Crippen molar-refractivity contribution in [3.63, 3.8) is 0 Å². The monoisotopic (exact) mass is 769 g/mol. The predicted molar refractivity (Wildman–Crippen MR) is 209 cm³/mol. The van der Waals surface area contributed by atoms with Crippen LogP contribution in [-0.4, -0.2) is 102 Å². The van der Waals surface area contributed by atoms with E-state index in [0.717, 1.165) is 86.6 Å². The molecule has 4 heterocycles. The van der Waals surface area contributed by atoms with Gasteiger partial charge < -0.3 is 19.7 Å². The Morgan fingerprint density at radius 1 is 0.895 bits per heavy atom. The predicted octanol–water partition coefficient (Wildman–Crippen LogP) is 4.22. The number of pyridine rings is 1. The van der Waals surface area contributed by atoms with Crippen LogP contribution in [0, 0.1) is 11.3 Å². The summed E-state index contributed by atoms with van der Waals surface area (Å²) in [4.78, 5) is 73.2. The van der Waals surface area contributed by atoms with Crippen LogP contribution in [0.3, 0.4) is 0 Å². The van der Waals surface area contributed by atoms with Crippen molar-refractivity contribution in [1.82, 2.24) is 25.4 Å². The summed E-state index contributed by atoms with van der Waals surface area (Å²) in [6.07, 6.45) is 5.98. The van der Waals surface area contributed by atoms with Gasteiger partial charge in [-0.25, -0.2) is 0 Å². The Bertz CT molecular complexity index is 2260. The number of fused-ring (bicyclic) bond motifs is 2. The summed E-state index contributed by atoms with van der Waals surface area (Å²) in [6.45, 7) is 4.57. The number of aromatic nitrogens is 1. The molecule has 3 aromatic carbocycles. The maximum atomic E-state index is 13.3. The first-order valence-corrected chi connectivity index (χ1v) is 19.6. The number of amides is 5. The molecule has 1 aromatic heterocycles. The highest BCUT2D eigenvalue weighted by molar-refractivity contribution is 6.23. The molecule has 1 saturated carbocycles. The number of nitriles is 1. The van der Waals surface area contributed by atoms with Crippen LogP contribution in [0.25, 0.3) is 10.9 Å². The molecule has 57 heavy (non-hydrogen) atoms. The lowest BCUT2D eigenvalue weighted by Crippen LogP contribution is -2.54. The maximum Gasteiger partial charge on any atom is 0.262 e. The van der Waals surface area contributed by atoms with Gasteiger partial charge in [0.1, 0.15) is 23.6 Å². The Labute approximate surface area is 329 Å². The van der Waals surface area contributed by atoms with E-state index in [9.17, 15) is 29.2 Å². The quantitative estimate of drug-likeness (QED) is 0.165. The molecule has 3 aliphatic heterocycles. The minimum atomic E-state index is -0.982. The Kier molecular flexibility index (Phi) is 10.8. The van der Waals surface area contributed by atoms with Crippen molar-refractivity contribution in [3.05, 3.63) is 95.2 Å². The Balaban J connectivity index is 0.737. The van der Waals surface area contributed by atoms with E-state index < -0.39 is 29.7 Å². The number of benzene rings is 3. The van der Waals surface area contributed by atoms with Gasteiger partial charge in [-0.05, 0) is 105 Å². The summed E-state index contributed by atoms with van der Waals surface area (Å²) in [5, 5.41) is 15.7. The highest BCUT2D eigenvalue weighted by Crippen LogP contribution is 2.33. The van der Waals surface area contributed by atoms with Crippen LogP contribution >= 0.6 is 0 Å². The molecule has 1 atom stereocenters. The molecule has 2 saturated heterocycles. The number of piperazine rings is 1. The Morgan fingerprint density at radius 2 is 1.67 bits per heavy atom. The molecule has 14 heteroatoms. The fraction of sp³-hybridized carbons (Fsp3) is 0.372. The highest BCUT2D eigenvalue weighted by atomic mass is 16.5. The third kappa shape index (κ3) is 8.01. The van der Waals surface area contributed by atoms with Crippen molar-refractivity contribution in [2.75, 3.05) is 44.2 Å². The van der Waals surface area contributed by atoms with E-state index in [1.807, 2.05) is 36.4 Å². The first-order valence-electron chi connectivity index (χ1n) is 19.6. The highest BCUT2D eigenvalue weighted by Gasteiger charge is 2.44. The van der Waals surface area contributed by atoms with Gasteiger partial charge in [0.2, 0.25) is 11.8 Å². The van der Waals surface area contributed by atoms with Gasteiger partial charge in [0.15, 0.2) is 0 Å². The molecule has 1 aliphatic carbocycles. The van der Waals surface area contributed by atoms with E-state index in [0.29, 0.717) is 29.0 Å². The number of ether oxygens (including phenoxy) is 2. The van der Waals surface area contributed by atoms with Crippen LogP contribution in [0.5, 0.6) is 11.5 Å². The van der Waals surface area contributed by atoms with Crippen molar-refractivity contribution in [2.24, 2.45) is 0 Å². The largest absolute Gasteiger partial charge is 0.494 e. The zero-order chi connectivity index (χ0) is 39.5. The van der Waals surface area contributed by atoms with E-state index in [1.165, 1.54) is 0 Å². The zero-order valence-electron chi connectivity index (χ0n) is 31.4. The van der Waals surface area contributed by atoms with E-state index in [2.05, 4.69) is 31.5 Å². The van der Waals surface area contributed by atoms with E-state index in [4.69, 9.17) is 9.47 Å². The van der Waals surface area contributed by atoms with Gasteiger partial charge >= 0.3 is 0 Å². The number of nitrogens with zero attached hydrogens (tertiary/aromatic N) is 5. The number of anilines is 1. The molecular weight excluding hydrogens is 727 g/mol. The summed E-state index contributed by atoms with van der Waals surface area (Å²) in [5.74, 6) is -0.699. The molecule has 292 valence electrons. The fourth-order valence-electron chi connectivity index (χ4n) is 8.18. The van der Waals surface area contributed by atoms with E-state index >= 15 is 0 Å². The molecule has 0 bridgehead atoms. The second-order valence-corrected chi connectivity index (χ2v) is 14.9. The molecule has 2 N–H and O–H groups in total. The van der Waals surface area contributed by atoms with Crippen molar-refractivity contribution < 1.29 is 33.4 Å². The number of imide groups is 2. The summed E-state index contributed by atoms with van der Waals surface area (Å²) < 4.78 is 12.3. The first-order chi connectivity index (χ1) is 27.7. The molecule has 0 radical (unpaired) electrons. The summed E-state index contributed by atoms with van der Waals surface area (Å²) in [6, 6.07) is 21.1. The lowest BCUT2D eigenvalue weighted by Gasteiger charge is -2.36. The molecular formula is C43H43N7O7. The molecule has 0 spiro atoms. The second-order valence-electron chi connectivity index (χ2n) is 14.9. The van der Waals surface area contributed by atoms with Gasteiger partial charge in [0.05, 0.1) is 34.9 Å². The first kappa shape index (κ1) is 37.6. The standard InChI is InChI=1S/C43H43N7O7/c44-26-28-6-16-37(34-3-1-18-45-39(28)34)57-32-12-7-29(8-13-32)46-40(52)27-4-10-31(11-5-27)56-24-2-19-48-20-22-49(23-21-48)30-9-14-33-35(25-30)43(55)50(42(33)54)36-15-17-38(51)47-41(36)53/h1,3-6,9-11,14,16,18,25,29,32,36H,2,7-8,12-13,15,17,19-24H2,(H,46,52)(H,47,51,53)/t29-,32-,36?. The topological polar surface area (TPSA) is 174 Å². The van der Waals surface area contributed by atoms with Gasteiger partial charge in [-0.15, -0.1) is 0 Å². The number of nitrogens with one attached hydrogen (secondary N) is 2. The zero-order valence-corrected chi connectivity index (χ0v) is 31.4. The van der Waals surface area contributed by atoms with E-state index in [-0.39, 0.29) is 42.0 Å². The summed E-state index contributed by atoms with van der Waals surface area (Å²) >= 11 is 0. The number of piperidine rings is 1. The average molecular weight is 770 g/mol. The van der Waals surface area contributed by atoms with Crippen molar-refractivity contribution in [2.45, 2.75) is 63.1 Å². The second kappa shape index (κ2) is 16.4. The van der Waals surface area contributed by atoms with Crippen LogP contribution in [0.2, 0.25) is 0 Å². The lowest BCUT2D eigenvalue weighted by molar-refractivity contribution is -0.136. The normalized spacial score (nSPS) is 21.2. The minimum Gasteiger partial charge on any atom is -0.494 e. The summed E-state index contributed by atoms with van der Waals surface area (Å²) in [7, 11) is 0. The Hall–Kier alpha value is -6.33. The minimum absolute atomic E-state index is 0.0241. The molecule has 4 aliphatic rings. The molecule has 3 fully saturated rings. The van der Waals surface area contributed by atoms with Gasteiger partial charge in [-0.1, -0.05) is 0 Å². The average Bonchev–Trinajstić information content (AvgIpc) is 3.48. The van der Waals surface area contributed by atoms with Crippen molar-refractivity contribution in [3.8, 4) is 17.6 Å². The van der Waals surface area contributed by atoms with Gasteiger partial charge in [0.25, 0.3) is 17.7 Å². The SMILES string of the molecule is N#Cc1ccc(O[C@H]2CC[C@H](NC(=O)c3ccc(OCCCN4CCN(c5ccc6c(c5)C(=O)N(C5CCC(=O)NC5=O)C6=O)CC4)cc3)CC2)c2cccnc12. The van der Waals surface area contributed by atoms with Crippen LogP contribution in [0.4, 0.5) is 5.69 Å². The number of rotatable bonds is 11.